The predicted molar refractivity (Wildman–Crippen MR) is 92.9 cm³/mol. The number of hydrogen-bond donors (Lipinski definition) is 0. The van der Waals surface area contributed by atoms with E-state index in [4.69, 9.17) is 4.98 Å². The average molecular weight is 307 g/mol. The van der Waals surface area contributed by atoms with Crippen LogP contribution in [0.25, 0.3) is 16.9 Å². The molecule has 1 aliphatic rings. The van der Waals surface area contributed by atoms with Crippen LogP contribution < -0.4 is 4.90 Å². The number of nitrogens with zero attached hydrogens (tertiary/aromatic N) is 5. The normalized spacial score (nSPS) is 16.2. The summed E-state index contributed by atoms with van der Waals surface area (Å²) >= 11 is 0. The van der Waals surface area contributed by atoms with Crippen molar-refractivity contribution in [2.45, 2.75) is 6.92 Å². The Hall–Kier alpha value is -2.40. The van der Waals surface area contributed by atoms with Gasteiger partial charge >= 0.3 is 0 Å². The predicted octanol–water partition coefficient (Wildman–Crippen LogP) is 2.46. The van der Waals surface area contributed by atoms with Crippen molar-refractivity contribution in [1.82, 2.24) is 19.5 Å². The zero-order valence-corrected chi connectivity index (χ0v) is 13.6. The first-order chi connectivity index (χ1) is 11.2. The van der Waals surface area contributed by atoms with E-state index >= 15 is 0 Å². The lowest BCUT2D eigenvalue weighted by atomic mass is 10.1. The first kappa shape index (κ1) is 14.2. The Labute approximate surface area is 136 Å². The Morgan fingerprint density at radius 1 is 0.957 bits per heavy atom. The highest BCUT2D eigenvalue weighted by Crippen LogP contribution is 2.25. The monoisotopic (exact) mass is 307 g/mol. The third-order valence-electron chi connectivity index (χ3n) is 4.43. The van der Waals surface area contributed by atoms with E-state index in [1.165, 1.54) is 0 Å². The van der Waals surface area contributed by atoms with Crippen molar-refractivity contribution < 1.29 is 0 Å². The van der Waals surface area contributed by atoms with Gasteiger partial charge < -0.3 is 9.80 Å². The molecule has 5 heteroatoms. The molecular formula is C18H21N5. The maximum Gasteiger partial charge on any atom is 0.158 e. The van der Waals surface area contributed by atoms with Gasteiger partial charge in [0.15, 0.2) is 5.65 Å². The number of aromatic nitrogens is 3. The van der Waals surface area contributed by atoms with Gasteiger partial charge in [-0.15, -0.1) is 0 Å². The van der Waals surface area contributed by atoms with Crippen molar-refractivity contribution in [2.24, 2.45) is 0 Å². The van der Waals surface area contributed by atoms with Crippen molar-refractivity contribution in [1.29, 1.82) is 0 Å². The van der Waals surface area contributed by atoms with E-state index in [-0.39, 0.29) is 0 Å². The minimum atomic E-state index is 0.915. The fourth-order valence-corrected chi connectivity index (χ4v) is 3.09. The molecule has 0 unspecified atom stereocenters. The largest absolute Gasteiger partial charge is 0.354 e. The summed E-state index contributed by atoms with van der Waals surface area (Å²) in [5.41, 5.74) is 4.06. The van der Waals surface area contributed by atoms with Gasteiger partial charge in [-0.05, 0) is 14.0 Å². The maximum atomic E-state index is 4.80. The maximum absolute atomic E-state index is 4.80. The fourth-order valence-electron chi connectivity index (χ4n) is 3.09. The van der Waals surface area contributed by atoms with E-state index in [0.717, 1.165) is 54.6 Å². The molecule has 2 aromatic heterocycles. The van der Waals surface area contributed by atoms with E-state index in [1.54, 1.807) is 0 Å². The van der Waals surface area contributed by atoms with Crippen molar-refractivity contribution in [3.8, 4) is 11.3 Å². The standard InChI is InChI=1S/C18H21N5/c1-14-12-17-19-16(15-6-4-3-5-7-15)13-18(23(17)20-14)22-10-8-21(2)9-11-22/h3-7,12-13H,8-11H2,1-2H3. The van der Waals surface area contributed by atoms with Gasteiger partial charge in [0.05, 0.1) is 11.4 Å². The van der Waals surface area contributed by atoms with E-state index in [2.05, 4.69) is 52.3 Å². The second-order valence-corrected chi connectivity index (χ2v) is 6.21. The van der Waals surface area contributed by atoms with Crippen LogP contribution in [0.5, 0.6) is 0 Å². The van der Waals surface area contributed by atoms with Crippen LogP contribution in [0.1, 0.15) is 5.69 Å². The first-order valence-electron chi connectivity index (χ1n) is 8.07. The summed E-state index contributed by atoms with van der Waals surface area (Å²) in [7, 11) is 2.17. The Kier molecular flexibility index (Phi) is 3.50. The van der Waals surface area contributed by atoms with Gasteiger partial charge in [0.25, 0.3) is 0 Å². The third-order valence-corrected chi connectivity index (χ3v) is 4.43. The topological polar surface area (TPSA) is 36.7 Å². The Morgan fingerprint density at radius 2 is 1.70 bits per heavy atom. The zero-order valence-electron chi connectivity index (χ0n) is 13.6. The summed E-state index contributed by atoms with van der Waals surface area (Å²) in [6.07, 6.45) is 0. The minimum Gasteiger partial charge on any atom is -0.354 e. The smallest absolute Gasteiger partial charge is 0.158 e. The summed E-state index contributed by atoms with van der Waals surface area (Å²) in [6, 6.07) is 14.6. The molecule has 1 fully saturated rings. The van der Waals surface area contributed by atoms with E-state index in [9.17, 15) is 0 Å². The molecule has 0 radical (unpaired) electrons. The fraction of sp³-hybridized carbons (Fsp3) is 0.333. The van der Waals surface area contributed by atoms with Crippen LogP contribution in [0.2, 0.25) is 0 Å². The molecule has 0 atom stereocenters. The molecule has 3 heterocycles. The van der Waals surface area contributed by atoms with Crippen LogP contribution in [0.3, 0.4) is 0 Å². The second-order valence-electron chi connectivity index (χ2n) is 6.21. The van der Waals surface area contributed by atoms with Gasteiger partial charge in [0.2, 0.25) is 0 Å². The lowest BCUT2D eigenvalue weighted by Gasteiger charge is -2.34. The summed E-state index contributed by atoms with van der Waals surface area (Å²) in [4.78, 5) is 9.57. The number of rotatable bonds is 2. The number of fused-ring (bicyclic) bond motifs is 1. The van der Waals surface area contributed by atoms with E-state index in [1.807, 2.05) is 23.6 Å². The SMILES string of the molecule is Cc1cc2nc(-c3ccccc3)cc(N3CCN(C)CC3)n2n1. The molecule has 23 heavy (non-hydrogen) atoms. The van der Waals surface area contributed by atoms with Crippen LogP contribution in [0, 0.1) is 6.92 Å². The van der Waals surface area contributed by atoms with Crippen LogP contribution in [-0.4, -0.2) is 52.7 Å². The third kappa shape index (κ3) is 2.68. The molecule has 0 spiro atoms. The first-order valence-corrected chi connectivity index (χ1v) is 8.07. The molecule has 0 aliphatic carbocycles. The van der Waals surface area contributed by atoms with E-state index in [0.29, 0.717) is 0 Å². The highest BCUT2D eigenvalue weighted by molar-refractivity contribution is 5.67. The van der Waals surface area contributed by atoms with Crippen molar-refractivity contribution >= 4 is 11.5 Å². The van der Waals surface area contributed by atoms with Gasteiger partial charge in [-0.3, -0.25) is 0 Å². The van der Waals surface area contributed by atoms with Gasteiger partial charge in [-0.2, -0.15) is 9.61 Å². The highest BCUT2D eigenvalue weighted by atomic mass is 15.4. The molecule has 5 nitrogen and oxygen atoms in total. The van der Waals surface area contributed by atoms with Crippen molar-refractivity contribution in [3.63, 3.8) is 0 Å². The molecule has 4 rings (SSSR count). The van der Waals surface area contributed by atoms with Crippen LogP contribution in [0.4, 0.5) is 5.82 Å². The summed E-state index contributed by atoms with van der Waals surface area (Å²) < 4.78 is 1.98. The molecular weight excluding hydrogens is 286 g/mol. The van der Waals surface area contributed by atoms with Crippen molar-refractivity contribution in [2.75, 3.05) is 38.1 Å². The average Bonchev–Trinajstić information content (AvgIpc) is 2.96. The molecule has 0 amide bonds. The molecule has 1 aromatic carbocycles. The molecule has 118 valence electrons. The number of hydrogen-bond acceptors (Lipinski definition) is 4. The molecule has 0 N–H and O–H groups in total. The number of benzene rings is 1. The van der Waals surface area contributed by atoms with Crippen LogP contribution in [-0.2, 0) is 0 Å². The summed E-state index contributed by atoms with van der Waals surface area (Å²) in [5.74, 6) is 1.13. The quantitative estimate of drug-likeness (QED) is 0.729. The van der Waals surface area contributed by atoms with Crippen LogP contribution in [0.15, 0.2) is 42.5 Å². The van der Waals surface area contributed by atoms with Gasteiger partial charge in [0.1, 0.15) is 5.82 Å². The number of piperazine rings is 1. The molecule has 0 bridgehead atoms. The minimum absolute atomic E-state index is 0.915. The number of anilines is 1. The van der Waals surface area contributed by atoms with E-state index < -0.39 is 0 Å². The Morgan fingerprint density at radius 3 is 2.43 bits per heavy atom. The van der Waals surface area contributed by atoms with Gasteiger partial charge in [-0.1, -0.05) is 30.3 Å². The molecule has 3 aromatic rings. The number of likely N-dealkylation sites (N-methyl/N-ethyl adjacent to an activating group) is 1. The molecule has 1 saturated heterocycles. The molecule has 0 saturated carbocycles. The number of aryl methyl sites for hydroxylation is 1. The lowest BCUT2D eigenvalue weighted by Crippen LogP contribution is -2.45. The van der Waals surface area contributed by atoms with Gasteiger partial charge in [0, 0.05) is 43.9 Å². The second kappa shape index (κ2) is 5.66. The Balaban J connectivity index is 1.84. The zero-order chi connectivity index (χ0) is 15.8. The van der Waals surface area contributed by atoms with Gasteiger partial charge in [-0.25, -0.2) is 4.98 Å². The summed E-state index contributed by atoms with van der Waals surface area (Å²) in [5, 5.41) is 4.64. The lowest BCUT2D eigenvalue weighted by molar-refractivity contribution is 0.311. The van der Waals surface area contributed by atoms with Crippen LogP contribution >= 0.6 is 0 Å². The summed E-state index contributed by atoms with van der Waals surface area (Å²) in [6.45, 7) is 6.20. The van der Waals surface area contributed by atoms with Crippen molar-refractivity contribution in [3.05, 3.63) is 48.2 Å². The molecule has 1 aliphatic heterocycles. The highest BCUT2D eigenvalue weighted by Gasteiger charge is 2.19. The Bertz CT molecular complexity index is 816.